The summed E-state index contributed by atoms with van der Waals surface area (Å²) in [6.07, 6.45) is 5.84. The van der Waals surface area contributed by atoms with Crippen molar-refractivity contribution in [1.82, 2.24) is 4.98 Å². The molecule has 0 saturated carbocycles. The highest BCUT2D eigenvalue weighted by molar-refractivity contribution is 7.13. The molecule has 22 heavy (non-hydrogen) atoms. The Morgan fingerprint density at radius 1 is 1.23 bits per heavy atom. The average Bonchev–Trinajstić information content (AvgIpc) is 2.95. The van der Waals surface area contributed by atoms with Crippen LogP contribution >= 0.6 is 11.3 Å². The number of hydrazone groups is 1. The SMILES string of the molecule is Cc1csc(NN=Cc2ccc(N3CCCCC3)cc2C)n1. The normalized spacial score (nSPS) is 15.5. The Kier molecular flexibility index (Phi) is 4.73. The van der Waals surface area contributed by atoms with Gasteiger partial charge in [-0.1, -0.05) is 6.07 Å². The van der Waals surface area contributed by atoms with Gasteiger partial charge in [0.25, 0.3) is 0 Å². The quantitative estimate of drug-likeness (QED) is 0.679. The second-order valence-corrected chi connectivity index (χ2v) is 6.61. The van der Waals surface area contributed by atoms with Gasteiger partial charge in [0.1, 0.15) is 0 Å². The summed E-state index contributed by atoms with van der Waals surface area (Å²) in [5.41, 5.74) is 7.73. The molecule has 1 aromatic carbocycles. The minimum Gasteiger partial charge on any atom is -0.372 e. The van der Waals surface area contributed by atoms with Crippen LogP contribution in [-0.4, -0.2) is 24.3 Å². The molecule has 0 amide bonds. The topological polar surface area (TPSA) is 40.5 Å². The Bertz CT molecular complexity index is 656. The zero-order valence-corrected chi connectivity index (χ0v) is 14.0. The van der Waals surface area contributed by atoms with Gasteiger partial charge < -0.3 is 4.90 Å². The lowest BCUT2D eigenvalue weighted by Gasteiger charge is -2.29. The molecule has 3 rings (SSSR count). The van der Waals surface area contributed by atoms with E-state index >= 15 is 0 Å². The molecule has 2 aromatic rings. The number of rotatable bonds is 4. The van der Waals surface area contributed by atoms with Gasteiger partial charge in [0.2, 0.25) is 5.13 Å². The van der Waals surface area contributed by atoms with Crippen molar-refractivity contribution in [3.05, 3.63) is 40.4 Å². The largest absolute Gasteiger partial charge is 0.372 e. The first-order chi connectivity index (χ1) is 10.7. The first kappa shape index (κ1) is 15.0. The third kappa shape index (κ3) is 3.65. The van der Waals surface area contributed by atoms with Crippen LogP contribution < -0.4 is 10.3 Å². The predicted molar refractivity (Wildman–Crippen MR) is 95.3 cm³/mol. The van der Waals surface area contributed by atoms with Crippen LogP contribution in [0.15, 0.2) is 28.7 Å². The summed E-state index contributed by atoms with van der Waals surface area (Å²) in [6.45, 7) is 6.48. The lowest BCUT2D eigenvalue weighted by Crippen LogP contribution is -2.29. The van der Waals surface area contributed by atoms with Crippen molar-refractivity contribution in [2.45, 2.75) is 33.1 Å². The molecule has 4 nitrogen and oxygen atoms in total. The van der Waals surface area contributed by atoms with Crippen molar-refractivity contribution < 1.29 is 0 Å². The molecule has 0 spiro atoms. The Labute approximate surface area is 135 Å². The zero-order chi connectivity index (χ0) is 15.4. The number of thiazole rings is 1. The number of aromatic nitrogens is 1. The van der Waals surface area contributed by atoms with E-state index in [1.54, 1.807) is 11.3 Å². The number of anilines is 2. The first-order valence-electron chi connectivity index (χ1n) is 7.79. The maximum Gasteiger partial charge on any atom is 0.203 e. The Hall–Kier alpha value is -1.88. The summed E-state index contributed by atoms with van der Waals surface area (Å²) < 4.78 is 0. The van der Waals surface area contributed by atoms with Crippen molar-refractivity contribution in [1.29, 1.82) is 0 Å². The van der Waals surface area contributed by atoms with E-state index < -0.39 is 0 Å². The van der Waals surface area contributed by atoms with E-state index in [0.717, 1.165) is 16.4 Å². The van der Waals surface area contributed by atoms with Crippen molar-refractivity contribution in [2.24, 2.45) is 5.10 Å². The highest BCUT2D eigenvalue weighted by Crippen LogP contribution is 2.22. The van der Waals surface area contributed by atoms with E-state index in [0.29, 0.717) is 0 Å². The minimum atomic E-state index is 0.830. The average molecular weight is 314 g/mol. The molecule has 0 radical (unpaired) electrons. The number of aryl methyl sites for hydroxylation is 2. The van der Waals surface area contributed by atoms with Crippen LogP contribution in [0.4, 0.5) is 10.8 Å². The van der Waals surface area contributed by atoms with Crippen LogP contribution in [0.25, 0.3) is 0 Å². The van der Waals surface area contributed by atoms with Gasteiger partial charge in [-0.05, 0) is 56.4 Å². The van der Waals surface area contributed by atoms with Gasteiger partial charge >= 0.3 is 0 Å². The molecule has 1 aliphatic heterocycles. The van der Waals surface area contributed by atoms with Gasteiger partial charge in [0.05, 0.1) is 11.9 Å². The van der Waals surface area contributed by atoms with Crippen molar-refractivity contribution in [3.63, 3.8) is 0 Å². The molecule has 1 saturated heterocycles. The molecule has 0 unspecified atom stereocenters. The molecule has 1 fully saturated rings. The van der Waals surface area contributed by atoms with Gasteiger partial charge in [-0.2, -0.15) is 5.10 Å². The molecule has 0 atom stereocenters. The fourth-order valence-electron chi connectivity index (χ4n) is 2.72. The minimum absolute atomic E-state index is 0.830. The third-order valence-electron chi connectivity index (χ3n) is 3.96. The Balaban J connectivity index is 1.66. The van der Waals surface area contributed by atoms with Gasteiger partial charge in [-0.15, -0.1) is 11.3 Å². The standard InChI is InChI=1S/C17H22N4S/c1-13-10-16(21-8-4-3-5-9-21)7-6-15(13)11-18-20-17-19-14(2)12-22-17/h6-7,10-12H,3-5,8-9H2,1-2H3,(H,19,20). The van der Waals surface area contributed by atoms with Gasteiger partial charge in [0.15, 0.2) is 0 Å². The number of hydrogen-bond donors (Lipinski definition) is 1. The van der Waals surface area contributed by atoms with Gasteiger partial charge in [-0.3, -0.25) is 5.43 Å². The summed E-state index contributed by atoms with van der Waals surface area (Å²) in [5, 5.41) is 7.13. The maximum absolute atomic E-state index is 4.33. The van der Waals surface area contributed by atoms with Gasteiger partial charge in [0, 0.05) is 24.2 Å². The zero-order valence-electron chi connectivity index (χ0n) is 13.2. The smallest absolute Gasteiger partial charge is 0.203 e. The summed E-state index contributed by atoms with van der Waals surface area (Å²) >= 11 is 1.57. The number of nitrogens with one attached hydrogen (secondary N) is 1. The van der Waals surface area contributed by atoms with Crippen LogP contribution in [0.2, 0.25) is 0 Å². The Morgan fingerprint density at radius 2 is 2.05 bits per heavy atom. The highest BCUT2D eigenvalue weighted by atomic mass is 32.1. The number of piperidine rings is 1. The molecule has 0 aliphatic carbocycles. The van der Waals surface area contributed by atoms with E-state index in [2.05, 4.69) is 45.5 Å². The van der Waals surface area contributed by atoms with E-state index in [1.807, 2.05) is 18.5 Å². The monoisotopic (exact) mass is 314 g/mol. The van der Waals surface area contributed by atoms with Crippen molar-refractivity contribution in [3.8, 4) is 0 Å². The fraction of sp³-hybridized carbons (Fsp3) is 0.412. The van der Waals surface area contributed by atoms with Crippen LogP contribution in [0, 0.1) is 13.8 Å². The highest BCUT2D eigenvalue weighted by Gasteiger charge is 2.11. The fourth-order valence-corrected chi connectivity index (χ4v) is 3.35. The molecule has 1 N–H and O–H groups in total. The Morgan fingerprint density at radius 3 is 2.73 bits per heavy atom. The molecule has 1 aliphatic rings. The second-order valence-electron chi connectivity index (χ2n) is 5.75. The number of hydrogen-bond acceptors (Lipinski definition) is 5. The third-order valence-corrected chi connectivity index (χ3v) is 4.82. The predicted octanol–water partition coefficient (Wildman–Crippen LogP) is 4.20. The van der Waals surface area contributed by atoms with E-state index in [4.69, 9.17) is 0 Å². The van der Waals surface area contributed by atoms with Crippen LogP contribution in [0.5, 0.6) is 0 Å². The summed E-state index contributed by atoms with van der Waals surface area (Å²) in [5.74, 6) is 0. The molecule has 2 heterocycles. The molecule has 1 aromatic heterocycles. The van der Waals surface area contributed by atoms with Crippen molar-refractivity contribution in [2.75, 3.05) is 23.4 Å². The molecule has 5 heteroatoms. The number of nitrogens with zero attached hydrogens (tertiary/aromatic N) is 3. The van der Waals surface area contributed by atoms with Crippen LogP contribution in [0.1, 0.15) is 36.1 Å². The lowest BCUT2D eigenvalue weighted by molar-refractivity contribution is 0.578. The molecule has 0 bridgehead atoms. The summed E-state index contributed by atoms with van der Waals surface area (Å²) in [6, 6.07) is 6.62. The second kappa shape index (κ2) is 6.92. The molecular formula is C17H22N4S. The van der Waals surface area contributed by atoms with Crippen LogP contribution in [-0.2, 0) is 0 Å². The lowest BCUT2D eigenvalue weighted by atomic mass is 10.1. The molecule has 116 valence electrons. The van der Waals surface area contributed by atoms with E-state index in [9.17, 15) is 0 Å². The van der Waals surface area contributed by atoms with Crippen molar-refractivity contribution >= 4 is 28.4 Å². The first-order valence-corrected chi connectivity index (χ1v) is 8.67. The number of benzene rings is 1. The summed E-state index contributed by atoms with van der Waals surface area (Å²) in [7, 11) is 0. The van der Waals surface area contributed by atoms with Gasteiger partial charge in [-0.25, -0.2) is 4.98 Å². The van der Waals surface area contributed by atoms with E-state index in [-0.39, 0.29) is 0 Å². The van der Waals surface area contributed by atoms with E-state index in [1.165, 1.54) is 43.6 Å². The van der Waals surface area contributed by atoms with Crippen LogP contribution in [0.3, 0.4) is 0 Å². The molecular weight excluding hydrogens is 292 g/mol. The summed E-state index contributed by atoms with van der Waals surface area (Å²) in [4.78, 5) is 6.81. The maximum atomic E-state index is 4.33.